The predicted octanol–water partition coefficient (Wildman–Crippen LogP) is 4.59. The van der Waals surface area contributed by atoms with E-state index in [1.165, 1.54) is 17.0 Å². The first-order chi connectivity index (χ1) is 18.8. The molecule has 40 heavy (non-hydrogen) atoms. The third kappa shape index (κ3) is 5.72. The Hall–Kier alpha value is -3.78. The molecule has 4 heterocycles. The van der Waals surface area contributed by atoms with E-state index in [9.17, 15) is 31.5 Å². The van der Waals surface area contributed by atoms with Gasteiger partial charge in [0.25, 0.3) is 5.91 Å². The lowest BCUT2D eigenvalue weighted by atomic mass is 9.81. The number of hydrogen-bond donors (Lipinski definition) is 2. The molecule has 0 radical (unpaired) electrons. The largest absolute Gasteiger partial charge is 0.410 e. The second kappa shape index (κ2) is 10.3. The average molecular weight is 570 g/mol. The van der Waals surface area contributed by atoms with Crippen LogP contribution in [0.4, 0.5) is 26.7 Å². The van der Waals surface area contributed by atoms with Crippen molar-refractivity contribution in [2.75, 3.05) is 6.54 Å². The molecule has 5 rings (SSSR count). The van der Waals surface area contributed by atoms with Crippen LogP contribution in [0.3, 0.4) is 0 Å². The van der Waals surface area contributed by atoms with Crippen LogP contribution in [-0.4, -0.2) is 61.3 Å². The summed E-state index contributed by atoms with van der Waals surface area (Å²) >= 11 is 0. The van der Waals surface area contributed by atoms with E-state index in [1.54, 1.807) is 12.3 Å². The van der Waals surface area contributed by atoms with Gasteiger partial charge in [0.05, 0.1) is 36.4 Å². The van der Waals surface area contributed by atoms with Gasteiger partial charge in [0.15, 0.2) is 5.65 Å². The molecule has 1 aliphatic carbocycles. The van der Waals surface area contributed by atoms with Crippen LogP contribution in [0.15, 0.2) is 29.2 Å². The van der Waals surface area contributed by atoms with Crippen molar-refractivity contribution in [2.24, 2.45) is 5.92 Å². The minimum atomic E-state index is -4.56. The summed E-state index contributed by atoms with van der Waals surface area (Å²) in [6.07, 6.45) is -0.640. The van der Waals surface area contributed by atoms with Crippen LogP contribution in [-0.2, 0) is 6.54 Å². The van der Waals surface area contributed by atoms with Crippen molar-refractivity contribution in [1.29, 1.82) is 0 Å². The molecule has 0 bridgehead atoms. The molecule has 1 unspecified atom stereocenters. The third-order valence-electron chi connectivity index (χ3n) is 7.38. The Labute approximate surface area is 225 Å². The van der Waals surface area contributed by atoms with Gasteiger partial charge in [-0.2, -0.15) is 18.3 Å². The summed E-state index contributed by atoms with van der Waals surface area (Å²) in [6, 6.07) is -1.93. The summed E-state index contributed by atoms with van der Waals surface area (Å²) < 4.78 is 73.4. The van der Waals surface area contributed by atoms with Gasteiger partial charge in [-0.15, -0.1) is 0 Å². The Morgan fingerprint density at radius 1 is 1.27 bits per heavy atom. The number of carbonyl (C=O) groups is 2. The van der Waals surface area contributed by atoms with Crippen molar-refractivity contribution >= 4 is 17.6 Å². The fraction of sp³-hybridized carbons (Fsp3) is 0.560. The molecule has 2 fully saturated rings. The fourth-order valence-electron chi connectivity index (χ4n) is 5.18. The average Bonchev–Trinajstić information content (AvgIpc) is 3.61. The topological polar surface area (TPSA) is 118 Å². The van der Waals surface area contributed by atoms with Crippen molar-refractivity contribution in [3.63, 3.8) is 0 Å². The molecule has 1 aliphatic heterocycles. The lowest BCUT2D eigenvalue weighted by Crippen LogP contribution is -2.40. The zero-order chi connectivity index (χ0) is 28.8. The summed E-state index contributed by atoms with van der Waals surface area (Å²) in [5.74, 6) is -3.67. The Morgan fingerprint density at radius 2 is 2.00 bits per heavy atom. The Balaban J connectivity index is 1.39. The van der Waals surface area contributed by atoms with E-state index >= 15 is 0 Å². The predicted molar refractivity (Wildman–Crippen MR) is 129 cm³/mol. The lowest BCUT2D eigenvalue weighted by Gasteiger charge is -2.33. The molecular formula is C25H28F5N7O3. The Bertz CT molecular complexity index is 1390. The van der Waals surface area contributed by atoms with E-state index in [0.29, 0.717) is 22.6 Å². The molecule has 2 aliphatic rings. The highest BCUT2D eigenvalue weighted by Gasteiger charge is 2.47. The van der Waals surface area contributed by atoms with E-state index in [1.807, 2.05) is 19.2 Å². The van der Waals surface area contributed by atoms with Crippen molar-refractivity contribution in [2.45, 2.75) is 76.2 Å². The van der Waals surface area contributed by atoms with Crippen LogP contribution in [0.5, 0.6) is 0 Å². The number of aromatic nitrogens is 4. The second-order valence-corrected chi connectivity index (χ2v) is 10.7. The summed E-state index contributed by atoms with van der Waals surface area (Å²) in [7, 11) is 0. The molecule has 2 atom stereocenters. The molecule has 10 nitrogen and oxygen atoms in total. The molecular weight excluding hydrogens is 541 g/mol. The van der Waals surface area contributed by atoms with Gasteiger partial charge in [-0.25, -0.2) is 23.1 Å². The molecule has 216 valence electrons. The number of alkyl halides is 5. The van der Waals surface area contributed by atoms with Gasteiger partial charge in [-0.05, 0) is 36.3 Å². The van der Waals surface area contributed by atoms with Crippen LogP contribution >= 0.6 is 0 Å². The number of carbonyl (C=O) groups excluding carboxylic acids is 2. The van der Waals surface area contributed by atoms with Crippen molar-refractivity contribution in [3.8, 4) is 0 Å². The maximum Gasteiger partial charge on any atom is 0.410 e. The third-order valence-corrected chi connectivity index (χ3v) is 7.38. The standard InChI is InChI=1S/C25H28F5N7O3/c1-13(2)20-16(12-40-35-20)22(38)34-21(15-3-5-24(26,27)6-4-15)17-10-37-19(32-17)7-14(8-31-37)9-36-11-18(25(28,29)30)33-23(36)39/h7-8,10,12-13,15,18,21H,3-6,9,11H2,1-2H3,(H,33,39)(H,34,38)/t18-,21?/m0/s1. The number of fused-ring (bicyclic) bond motifs is 1. The maximum absolute atomic E-state index is 13.9. The number of imidazole rings is 1. The molecule has 3 aromatic heterocycles. The molecule has 15 heteroatoms. The van der Waals surface area contributed by atoms with Gasteiger partial charge in [0.1, 0.15) is 17.9 Å². The molecule has 1 saturated heterocycles. The van der Waals surface area contributed by atoms with E-state index in [0.717, 1.165) is 4.90 Å². The van der Waals surface area contributed by atoms with Crippen molar-refractivity contribution in [3.05, 3.63) is 47.2 Å². The van der Waals surface area contributed by atoms with Gasteiger partial charge < -0.3 is 20.1 Å². The Kier molecular flexibility index (Phi) is 7.17. The number of halogens is 5. The zero-order valence-corrected chi connectivity index (χ0v) is 21.7. The van der Waals surface area contributed by atoms with Gasteiger partial charge in [0.2, 0.25) is 5.92 Å². The maximum atomic E-state index is 13.9. The summed E-state index contributed by atoms with van der Waals surface area (Å²) in [5.41, 5.74) is 1.88. The van der Waals surface area contributed by atoms with Crippen LogP contribution in [0.25, 0.3) is 5.65 Å². The summed E-state index contributed by atoms with van der Waals surface area (Å²) in [6.45, 7) is 3.06. The molecule has 1 saturated carbocycles. The summed E-state index contributed by atoms with van der Waals surface area (Å²) in [5, 5.41) is 13.0. The van der Waals surface area contributed by atoms with Gasteiger partial charge >= 0.3 is 12.2 Å². The highest BCUT2D eigenvalue weighted by Crippen LogP contribution is 2.41. The number of rotatable bonds is 7. The van der Waals surface area contributed by atoms with E-state index in [-0.39, 0.29) is 49.6 Å². The molecule has 3 aromatic rings. The van der Waals surface area contributed by atoms with Gasteiger partial charge in [-0.3, -0.25) is 4.79 Å². The van der Waals surface area contributed by atoms with Gasteiger partial charge in [0, 0.05) is 19.4 Å². The SMILES string of the molecule is CC(C)c1nocc1C(=O)NC(c1cn2ncc(CN3C[C@@H](C(F)(F)F)NC3=O)cc2n1)C1CCC(F)(F)CC1. The number of amides is 3. The lowest BCUT2D eigenvalue weighted by molar-refractivity contribution is -0.149. The first-order valence-corrected chi connectivity index (χ1v) is 12.9. The monoisotopic (exact) mass is 569 g/mol. The normalized spacial score (nSPS) is 20.8. The molecule has 2 N–H and O–H groups in total. The van der Waals surface area contributed by atoms with E-state index < -0.39 is 42.7 Å². The van der Waals surface area contributed by atoms with E-state index in [4.69, 9.17) is 4.52 Å². The van der Waals surface area contributed by atoms with E-state index in [2.05, 4.69) is 20.6 Å². The first-order valence-electron chi connectivity index (χ1n) is 12.9. The number of nitrogens with one attached hydrogen (secondary N) is 2. The Morgan fingerprint density at radius 3 is 2.65 bits per heavy atom. The summed E-state index contributed by atoms with van der Waals surface area (Å²) in [4.78, 5) is 30.9. The van der Waals surface area contributed by atoms with Gasteiger partial charge in [-0.1, -0.05) is 19.0 Å². The van der Waals surface area contributed by atoms with Crippen molar-refractivity contribution < 1.29 is 36.1 Å². The minimum absolute atomic E-state index is 0.0896. The molecule has 0 spiro atoms. The number of urea groups is 1. The smallest absolute Gasteiger partial charge is 0.364 e. The van der Waals surface area contributed by atoms with Crippen molar-refractivity contribution in [1.82, 2.24) is 35.3 Å². The van der Waals surface area contributed by atoms with Crippen LogP contribution in [0.1, 0.15) is 78.8 Å². The fourth-order valence-corrected chi connectivity index (χ4v) is 5.18. The molecule has 3 amide bonds. The molecule has 0 aromatic carbocycles. The highest BCUT2D eigenvalue weighted by atomic mass is 19.4. The number of hydrogen-bond acceptors (Lipinski definition) is 6. The zero-order valence-electron chi connectivity index (χ0n) is 21.7. The van der Waals surface area contributed by atoms with Crippen LogP contribution < -0.4 is 10.6 Å². The number of nitrogens with zero attached hydrogens (tertiary/aromatic N) is 5. The van der Waals surface area contributed by atoms with Crippen LogP contribution in [0.2, 0.25) is 0 Å². The highest BCUT2D eigenvalue weighted by molar-refractivity contribution is 5.95. The van der Waals surface area contributed by atoms with Crippen LogP contribution in [0, 0.1) is 5.92 Å². The second-order valence-electron chi connectivity index (χ2n) is 10.7. The minimum Gasteiger partial charge on any atom is -0.364 e. The first kappa shape index (κ1) is 27.8. The quantitative estimate of drug-likeness (QED) is 0.402.